The number of rotatable bonds is 5. The molecule has 1 aromatic carbocycles. The van der Waals surface area contributed by atoms with Crippen molar-refractivity contribution < 1.29 is 9.72 Å². The molecular formula is C16H20N6O3. The topological polar surface area (TPSA) is 97.4 Å². The molecule has 9 heteroatoms. The first-order chi connectivity index (χ1) is 11.9. The number of non-ortho nitro benzene ring substituents is 1. The van der Waals surface area contributed by atoms with E-state index in [1.165, 1.54) is 17.0 Å². The number of carbonyl (C=O) groups is 1. The van der Waals surface area contributed by atoms with Gasteiger partial charge in [-0.05, 0) is 12.5 Å². The molecule has 0 fully saturated rings. The van der Waals surface area contributed by atoms with E-state index in [-0.39, 0.29) is 11.6 Å². The summed E-state index contributed by atoms with van der Waals surface area (Å²) >= 11 is 0. The van der Waals surface area contributed by atoms with Gasteiger partial charge < -0.3 is 14.4 Å². The lowest BCUT2D eigenvalue weighted by molar-refractivity contribution is -0.384. The third kappa shape index (κ3) is 3.17. The van der Waals surface area contributed by atoms with Crippen molar-refractivity contribution >= 4 is 17.3 Å². The van der Waals surface area contributed by atoms with Crippen molar-refractivity contribution in [3.05, 3.63) is 45.5 Å². The van der Waals surface area contributed by atoms with E-state index in [0.29, 0.717) is 17.8 Å². The Morgan fingerprint density at radius 1 is 1.32 bits per heavy atom. The highest BCUT2D eigenvalue weighted by Crippen LogP contribution is 2.26. The molecule has 1 aliphatic rings. The van der Waals surface area contributed by atoms with Gasteiger partial charge in [0, 0.05) is 51.9 Å². The summed E-state index contributed by atoms with van der Waals surface area (Å²) in [5.41, 5.74) is 0.822. The van der Waals surface area contributed by atoms with E-state index in [2.05, 4.69) is 10.2 Å². The summed E-state index contributed by atoms with van der Waals surface area (Å²) in [6.45, 7) is 1.17. The molecule has 0 N–H and O–H groups in total. The quantitative estimate of drug-likeness (QED) is 0.602. The number of amides is 1. The number of carbonyl (C=O) groups excluding carboxylic acids is 1. The molecular weight excluding hydrogens is 324 g/mol. The van der Waals surface area contributed by atoms with E-state index in [1.807, 2.05) is 4.57 Å². The highest BCUT2D eigenvalue weighted by Gasteiger charge is 2.24. The zero-order chi connectivity index (χ0) is 18.1. The van der Waals surface area contributed by atoms with Crippen LogP contribution in [0.4, 0.5) is 11.4 Å². The van der Waals surface area contributed by atoms with E-state index in [0.717, 1.165) is 31.0 Å². The lowest BCUT2D eigenvalue weighted by Gasteiger charge is -2.21. The number of nitro benzene ring substituents is 1. The van der Waals surface area contributed by atoms with Crippen LogP contribution in [-0.2, 0) is 19.5 Å². The lowest BCUT2D eigenvalue weighted by atomic mass is 10.1. The van der Waals surface area contributed by atoms with Gasteiger partial charge in [-0.25, -0.2) is 0 Å². The van der Waals surface area contributed by atoms with Crippen LogP contribution in [0.15, 0.2) is 18.2 Å². The Balaban J connectivity index is 1.88. The van der Waals surface area contributed by atoms with Gasteiger partial charge >= 0.3 is 0 Å². The lowest BCUT2D eigenvalue weighted by Crippen LogP contribution is -2.29. The first-order valence-electron chi connectivity index (χ1n) is 8.00. The molecule has 0 bridgehead atoms. The van der Waals surface area contributed by atoms with Gasteiger partial charge in [-0.3, -0.25) is 14.9 Å². The number of aromatic nitrogens is 3. The molecule has 132 valence electrons. The van der Waals surface area contributed by atoms with Crippen molar-refractivity contribution in [2.24, 2.45) is 0 Å². The standard InChI is InChI=1S/C16H20N6O3/c1-19(2)13-7-6-11(22(24)25)9-12(13)16(23)20(3)10-15-18-17-14-5-4-8-21(14)15/h6-7,9H,4-5,8,10H2,1-3H3. The van der Waals surface area contributed by atoms with Gasteiger partial charge in [0.15, 0.2) is 5.82 Å². The van der Waals surface area contributed by atoms with Crippen molar-refractivity contribution in [2.75, 3.05) is 26.0 Å². The van der Waals surface area contributed by atoms with E-state index in [4.69, 9.17) is 0 Å². The predicted octanol–water partition coefficient (Wildman–Crippen LogP) is 1.47. The maximum atomic E-state index is 12.9. The van der Waals surface area contributed by atoms with Crippen molar-refractivity contribution in [3.63, 3.8) is 0 Å². The third-order valence-corrected chi connectivity index (χ3v) is 4.31. The normalized spacial score (nSPS) is 12.8. The molecule has 3 rings (SSSR count). The zero-order valence-corrected chi connectivity index (χ0v) is 14.5. The Bertz CT molecular complexity index is 829. The second-order valence-electron chi connectivity index (χ2n) is 6.30. The maximum Gasteiger partial charge on any atom is 0.270 e. The smallest absolute Gasteiger partial charge is 0.270 e. The molecule has 25 heavy (non-hydrogen) atoms. The molecule has 0 saturated heterocycles. The number of hydrogen-bond donors (Lipinski definition) is 0. The Hall–Kier alpha value is -2.97. The van der Waals surface area contributed by atoms with Crippen LogP contribution in [-0.4, -0.2) is 51.6 Å². The van der Waals surface area contributed by atoms with Crippen LogP contribution in [0.25, 0.3) is 0 Å². The SMILES string of the molecule is CN(Cc1nnc2n1CCC2)C(=O)c1cc([N+](=O)[O-])ccc1N(C)C. The highest BCUT2D eigenvalue weighted by molar-refractivity contribution is 6.00. The van der Waals surface area contributed by atoms with E-state index >= 15 is 0 Å². The molecule has 9 nitrogen and oxygen atoms in total. The van der Waals surface area contributed by atoms with Crippen LogP contribution in [0.3, 0.4) is 0 Å². The molecule has 0 atom stereocenters. The van der Waals surface area contributed by atoms with Gasteiger partial charge in [0.05, 0.1) is 17.0 Å². The second-order valence-corrected chi connectivity index (χ2v) is 6.30. The largest absolute Gasteiger partial charge is 0.377 e. The van der Waals surface area contributed by atoms with Gasteiger partial charge in [0.25, 0.3) is 11.6 Å². The fourth-order valence-corrected chi connectivity index (χ4v) is 3.02. The number of nitro groups is 1. The number of anilines is 1. The van der Waals surface area contributed by atoms with E-state index in [9.17, 15) is 14.9 Å². The number of benzene rings is 1. The average Bonchev–Trinajstić information content (AvgIpc) is 3.18. The minimum atomic E-state index is -0.498. The molecule has 0 aliphatic carbocycles. The van der Waals surface area contributed by atoms with Crippen molar-refractivity contribution in [1.82, 2.24) is 19.7 Å². The fourth-order valence-electron chi connectivity index (χ4n) is 3.02. The van der Waals surface area contributed by atoms with E-state index < -0.39 is 4.92 Å². The number of fused-ring (bicyclic) bond motifs is 1. The van der Waals surface area contributed by atoms with Crippen molar-refractivity contribution in [3.8, 4) is 0 Å². The number of aryl methyl sites for hydroxylation is 1. The summed E-state index contributed by atoms with van der Waals surface area (Å²) in [6.07, 6.45) is 1.94. The predicted molar refractivity (Wildman–Crippen MR) is 91.6 cm³/mol. The second kappa shape index (κ2) is 6.50. The van der Waals surface area contributed by atoms with Crippen molar-refractivity contribution in [2.45, 2.75) is 25.9 Å². The van der Waals surface area contributed by atoms with Crippen LogP contribution in [0.5, 0.6) is 0 Å². The van der Waals surface area contributed by atoms with Crippen LogP contribution < -0.4 is 4.90 Å². The first kappa shape index (κ1) is 16.9. The van der Waals surface area contributed by atoms with Crippen molar-refractivity contribution in [1.29, 1.82) is 0 Å². The minimum Gasteiger partial charge on any atom is -0.377 e. The molecule has 0 saturated carbocycles. The van der Waals surface area contributed by atoms with Crippen LogP contribution in [0, 0.1) is 10.1 Å². The van der Waals surface area contributed by atoms with Gasteiger partial charge in [0.1, 0.15) is 5.82 Å². The molecule has 1 aromatic heterocycles. The molecule has 2 aromatic rings. The molecule has 1 amide bonds. The van der Waals surface area contributed by atoms with Gasteiger partial charge in [-0.2, -0.15) is 0 Å². The number of nitrogens with zero attached hydrogens (tertiary/aromatic N) is 6. The summed E-state index contributed by atoms with van der Waals surface area (Å²) in [6, 6.07) is 4.31. The molecule has 0 unspecified atom stereocenters. The van der Waals surface area contributed by atoms with E-state index in [1.54, 1.807) is 32.1 Å². The zero-order valence-electron chi connectivity index (χ0n) is 14.5. The summed E-state index contributed by atoms with van der Waals surface area (Å²) < 4.78 is 2.03. The summed E-state index contributed by atoms with van der Waals surface area (Å²) in [5.74, 6) is 1.39. The maximum absolute atomic E-state index is 12.9. The monoisotopic (exact) mass is 344 g/mol. The molecule has 1 aliphatic heterocycles. The molecule has 0 radical (unpaired) electrons. The first-order valence-corrected chi connectivity index (χ1v) is 8.00. The van der Waals surface area contributed by atoms with Gasteiger partial charge in [0.2, 0.25) is 0 Å². The number of hydrogen-bond acceptors (Lipinski definition) is 6. The van der Waals surface area contributed by atoms with Gasteiger partial charge in [-0.15, -0.1) is 10.2 Å². The van der Waals surface area contributed by atoms with Crippen LogP contribution in [0.2, 0.25) is 0 Å². The molecule has 2 heterocycles. The Morgan fingerprint density at radius 2 is 2.08 bits per heavy atom. The van der Waals surface area contributed by atoms with Crippen LogP contribution in [0.1, 0.15) is 28.4 Å². The summed E-state index contributed by atoms with van der Waals surface area (Å²) in [7, 11) is 5.25. The Kier molecular flexibility index (Phi) is 4.39. The molecule has 0 spiro atoms. The highest BCUT2D eigenvalue weighted by atomic mass is 16.6. The Morgan fingerprint density at radius 3 is 2.76 bits per heavy atom. The average molecular weight is 344 g/mol. The Labute approximate surface area is 145 Å². The summed E-state index contributed by atoms with van der Waals surface area (Å²) in [5, 5.41) is 19.4. The third-order valence-electron chi connectivity index (χ3n) is 4.31. The minimum absolute atomic E-state index is 0.106. The van der Waals surface area contributed by atoms with Crippen LogP contribution >= 0.6 is 0 Å². The summed E-state index contributed by atoms with van der Waals surface area (Å²) in [4.78, 5) is 26.7. The fraction of sp³-hybridized carbons (Fsp3) is 0.438. The van der Waals surface area contributed by atoms with Gasteiger partial charge in [-0.1, -0.05) is 0 Å².